The number of aromatic nitrogens is 2. The second-order valence-corrected chi connectivity index (χ2v) is 17.7. The number of amides is 1. The molecule has 0 spiro atoms. The van der Waals surface area contributed by atoms with Crippen LogP contribution >= 0.6 is 23.4 Å². The SMILES string of the molecule is Cc1nc2c(c(=O)n1CCOC1CCC(Cl)CC1C1CC(C)NC3C(C(=O)NS(C)(=O)=O)CSC13)CC(N1CCCCC1)CC2. The zero-order valence-corrected chi connectivity index (χ0v) is 29.3. The van der Waals surface area contributed by atoms with Crippen LogP contribution in [0, 0.1) is 24.7 Å². The fraction of sp³-hybridized carbons (Fsp3) is 0.844. The van der Waals surface area contributed by atoms with Gasteiger partial charge in [-0.05, 0) is 96.6 Å². The van der Waals surface area contributed by atoms with Crippen LogP contribution in [0.15, 0.2) is 4.79 Å². The second kappa shape index (κ2) is 14.1. The number of rotatable bonds is 8. The number of hydrogen-bond donors (Lipinski definition) is 2. The van der Waals surface area contributed by atoms with Gasteiger partial charge in [0.2, 0.25) is 15.9 Å². The summed E-state index contributed by atoms with van der Waals surface area (Å²) in [5, 5.41) is 3.88. The summed E-state index contributed by atoms with van der Waals surface area (Å²) < 4.78 is 34.3. The number of alkyl halides is 1. The minimum absolute atomic E-state index is 0.0190. The van der Waals surface area contributed by atoms with E-state index in [1.54, 1.807) is 11.8 Å². The molecule has 2 aliphatic carbocycles. The number of ether oxygens (including phenoxy) is 1. The fourth-order valence-electron chi connectivity index (χ4n) is 8.85. The minimum Gasteiger partial charge on any atom is -0.376 e. The van der Waals surface area contributed by atoms with E-state index in [0.717, 1.165) is 81.4 Å². The Morgan fingerprint density at radius 3 is 2.69 bits per heavy atom. The third-order valence-electron chi connectivity index (χ3n) is 11.0. The first-order valence-electron chi connectivity index (χ1n) is 17.0. The number of thioether (sulfide) groups is 1. The molecule has 0 bridgehead atoms. The number of sulfonamides is 1. The Balaban J connectivity index is 1.13. The highest BCUT2D eigenvalue weighted by Crippen LogP contribution is 2.48. The molecule has 10 nitrogen and oxygen atoms in total. The molecule has 1 amide bonds. The Morgan fingerprint density at radius 2 is 1.93 bits per heavy atom. The number of aryl methyl sites for hydroxylation is 2. The van der Waals surface area contributed by atoms with Crippen molar-refractivity contribution in [2.75, 3.05) is 31.7 Å². The molecule has 5 aliphatic rings. The zero-order valence-electron chi connectivity index (χ0n) is 26.9. The van der Waals surface area contributed by atoms with E-state index >= 15 is 0 Å². The van der Waals surface area contributed by atoms with Gasteiger partial charge in [-0.1, -0.05) is 6.42 Å². The monoisotopic (exact) mass is 683 g/mol. The summed E-state index contributed by atoms with van der Waals surface area (Å²) in [6.07, 6.45) is 11.2. The van der Waals surface area contributed by atoms with Gasteiger partial charge in [-0.25, -0.2) is 13.4 Å². The second-order valence-electron chi connectivity index (χ2n) is 14.2. The van der Waals surface area contributed by atoms with Crippen molar-refractivity contribution in [3.05, 3.63) is 27.4 Å². The molecule has 9 unspecified atom stereocenters. The first kappa shape index (κ1) is 33.7. The summed E-state index contributed by atoms with van der Waals surface area (Å²) in [6.45, 7) is 7.26. The Morgan fingerprint density at radius 1 is 1.16 bits per heavy atom. The largest absolute Gasteiger partial charge is 0.376 e. The number of fused-ring (bicyclic) bond motifs is 2. The molecule has 0 radical (unpaired) electrons. The van der Waals surface area contributed by atoms with Crippen molar-refractivity contribution in [1.82, 2.24) is 24.5 Å². The maximum Gasteiger partial charge on any atom is 0.257 e. The first-order chi connectivity index (χ1) is 21.5. The topological polar surface area (TPSA) is 123 Å². The molecule has 4 fully saturated rings. The maximum absolute atomic E-state index is 13.8. The molecule has 252 valence electrons. The average Bonchev–Trinajstić information content (AvgIpc) is 3.42. The normalized spacial score (nSPS) is 35.9. The molecule has 0 aromatic carbocycles. The van der Waals surface area contributed by atoms with Gasteiger partial charge in [-0.15, -0.1) is 11.6 Å². The van der Waals surface area contributed by atoms with E-state index < -0.39 is 21.8 Å². The standard InChI is InChI=1S/C32H50ClN5O5S2/c1-19-15-24(30-29(34-19)26(18-44-30)31(39)36-45(3,41)42)23-16-21(33)7-10-28(23)43-14-13-38-20(2)35-27-9-8-22(17-25(27)32(38)40)37-11-5-4-6-12-37/h19,21-24,26,28-30,34H,4-18H2,1-3H3,(H,36,39). The van der Waals surface area contributed by atoms with Gasteiger partial charge in [0.25, 0.3) is 5.56 Å². The van der Waals surface area contributed by atoms with E-state index in [4.69, 9.17) is 21.3 Å². The summed E-state index contributed by atoms with van der Waals surface area (Å²) in [4.78, 5) is 34.2. The predicted molar refractivity (Wildman–Crippen MR) is 178 cm³/mol. The summed E-state index contributed by atoms with van der Waals surface area (Å²) in [5.74, 6) is 1.03. The fourth-order valence-corrected chi connectivity index (χ4v) is 11.5. The highest BCUT2D eigenvalue weighted by atomic mass is 35.5. The van der Waals surface area contributed by atoms with Crippen LogP contribution < -0.4 is 15.6 Å². The summed E-state index contributed by atoms with van der Waals surface area (Å²) in [5.41, 5.74) is 1.97. The molecule has 1 aromatic heterocycles. The van der Waals surface area contributed by atoms with Crippen LogP contribution in [0.3, 0.4) is 0 Å². The van der Waals surface area contributed by atoms with Crippen molar-refractivity contribution in [3.63, 3.8) is 0 Å². The minimum atomic E-state index is -3.62. The van der Waals surface area contributed by atoms with E-state index in [2.05, 4.69) is 21.9 Å². The van der Waals surface area contributed by atoms with Crippen molar-refractivity contribution in [2.24, 2.45) is 17.8 Å². The third kappa shape index (κ3) is 7.61. The van der Waals surface area contributed by atoms with Crippen LogP contribution in [0.25, 0.3) is 0 Å². The van der Waals surface area contributed by atoms with Crippen molar-refractivity contribution >= 4 is 39.3 Å². The number of nitrogens with zero attached hydrogens (tertiary/aromatic N) is 3. The molecule has 3 saturated heterocycles. The number of carbonyl (C=O) groups excluding carboxylic acids is 1. The molecule has 1 aromatic rings. The third-order valence-corrected chi connectivity index (χ3v) is 13.5. The van der Waals surface area contributed by atoms with Gasteiger partial charge in [0.05, 0.1) is 37.1 Å². The number of nitrogens with one attached hydrogen (secondary N) is 2. The van der Waals surface area contributed by atoms with Crippen LogP contribution in [-0.2, 0) is 38.9 Å². The molecule has 9 atom stereocenters. The Kier molecular flexibility index (Phi) is 10.6. The molecule has 2 N–H and O–H groups in total. The lowest BCUT2D eigenvalue weighted by atomic mass is 9.70. The van der Waals surface area contributed by atoms with E-state index in [0.29, 0.717) is 30.9 Å². The smallest absolute Gasteiger partial charge is 0.257 e. The maximum atomic E-state index is 13.8. The molecule has 45 heavy (non-hydrogen) atoms. The van der Waals surface area contributed by atoms with Gasteiger partial charge in [-0.3, -0.25) is 18.9 Å². The zero-order chi connectivity index (χ0) is 31.9. The van der Waals surface area contributed by atoms with Crippen molar-refractivity contribution in [1.29, 1.82) is 0 Å². The van der Waals surface area contributed by atoms with Gasteiger partial charge in [-0.2, -0.15) is 11.8 Å². The molecular weight excluding hydrogens is 634 g/mol. The quantitative estimate of drug-likeness (QED) is 0.399. The van der Waals surface area contributed by atoms with Crippen LogP contribution in [0.4, 0.5) is 0 Å². The van der Waals surface area contributed by atoms with E-state index in [9.17, 15) is 18.0 Å². The summed E-state index contributed by atoms with van der Waals surface area (Å²) in [7, 11) is -3.62. The van der Waals surface area contributed by atoms with Crippen LogP contribution in [-0.4, -0.2) is 95.3 Å². The van der Waals surface area contributed by atoms with Crippen LogP contribution in [0.2, 0.25) is 0 Å². The lowest BCUT2D eigenvalue weighted by molar-refractivity contribution is -0.123. The van der Waals surface area contributed by atoms with E-state index in [-0.39, 0.29) is 40.3 Å². The van der Waals surface area contributed by atoms with Crippen molar-refractivity contribution in [3.8, 4) is 0 Å². The van der Waals surface area contributed by atoms with Crippen molar-refractivity contribution in [2.45, 2.75) is 119 Å². The summed E-state index contributed by atoms with van der Waals surface area (Å²) >= 11 is 8.54. The van der Waals surface area contributed by atoms with Gasteiger partial charge in [0.15, 0.2) is 0 Å². The number of carbonyl (C=O) groups is 1. The highest BCUT2D eigenvalue weighted by Gasteiger charge is 2.52. The van der Waals surface area contributed by atoms with E-state index in [1.165, 1.54) is 19.3 Å². The Bertz CT molecular complexity index is 1400. The van der Waals surface area contributed by atoms with Crippen LogP contribution in [0.5, 0.6) is 0 Å². The Hall–Kier alpha value is -1.18. The number of halogens is 1. The number of hydrogen-bond acceptors (Lipinski definition) is 9. The molecular formula is C32H50ClN5O5S2. The van der Waals surface area contributed by atoms with Crippen LogP contribution in [0.1, 0.15) is 75.4 Å². The van der Waals surface area contributed by atoms with Gasteiger partial charge >= 0.3 is 0 Å². The number of piperidine rings is 2. The lowest BCUT2D eigenvalue weighted by Crippen LogP contribution is -2.58. The molecule has 3 aliphatic heterocycles. The highest BCUT2D eigenvalue weighted by molar-refractivity contribution is 8.00. The predicted octanol–water partition coefficient (Wildman–Crippen LogP) is 2.86. The van der Waals surface area contributed by atoms with Crippen molar-refractivity contribution < 1.29 is 17.9 Å². The first-order valence-corrected chi connectivity index (χ1v) is 20.3. The Labute approximate surface area is 277 Å². The molecule has 13 heteroatoms. The molecule has 4 heterocycles. The molecule has 1 saturated carbocycles. The van der Waals surface area contributed by atoms with E-state index in [1.807, 2.05) is 11.5 Å². The van der Waals surface area contributed by atoms with Gasteiger partial charge < -0.3 is 15.0 Å². The lowest BCUT2D eigenvalue weighted by Gasteiger charge is -2.47. The number of likely N-dealkylation sites (tertiary alicyclic amines) is 1. The average molecular weight is 684 g/mol. The summed E-state index contributed by atoms with van der Waals surface area (Å²) in [6, 6.07) is 0.530. The van der Waals surface area contributed by atoms with Gasteiger partial charge in [0.1, 0.15) is 5.82 Å². The van der Waals surface area contributed by atoms with Gasteiger partial charge in [0, 0.05) is 40.1 Å². The molecule has 6 rings (SSSR count).